The molecule has 4 rings (SSSR count). The molecular formula is C21H28N4O3. The molecule has 0 saturated carbocycles. The lowest BCUT2D eigenvalue weighted by Gasteiger charge is -2.30. The Kier molecular flexibility index (Phi) is 5.92. The molecule has 2 aliphatic rings. The second kappa shape index (κ2) is 8.75. The molecule has 0 bridgehead atoms. The molecule has 0 unspecified atom stereocenters. The standard InChI is InChI=1S/C21H28N4O3/c1-27-20-5-3-2-4-15(20)13-22-21(26)19-12-18(23-24-19)16-6-9-25(14-16)17-7-10-28-11-8-17/h2-5,12,16-17H,6-11,13-14H2,1H3,(H,22,26)(H,23,24)/t16-/m0/s1. The highest BCUT2D eigenvalue weighted by molar-refractivity contribution is 5.92. The third kappa shape index (κ3) is 4.20. The number of carbonyl (C=O) groups is 1. The second-order valence-corrected chi connectivity index (χ2v) is 7.53. The molecule has 7 heteroatoms. The number of methoxy groups -OCH3 is 1. The minimum Gasteiger partial charge on any atom is -0.496 e. The minimum atomic E-state index is -0.173. The number of amides is 1. The van der Waals surface area contributed by atoms with Crippen LogP contribution in [0.15, 0.2) is 30.3 Å². The molecule has 0 aliphatic carbocycles. The quantitative estimate of drug-likeness (QED) is 0.799. The van der Waals surface area contributed by atoms with Gasteiger partial charge in [0.05, 0.1) is 7.11 Å². The highest BCUT2D eigenvalue weighted by atomic mass is 16.5. The van der Waals surface area contributed by atoms with E-state index in [0.717, 1.165) is 62.6 Å². The van der Waals surface area contributed by atoms with Gasteiger partial charge in [0.25, 0.3) is 5.91 Å². The number of rotatable bonds is 6. The van der Waals surface area contributed by atoms with Gasteiger partial charge in [0.1, 0.15) is 11.4 Å². The first-order valence-corrected chi connectivity index (χ1v) is 10.0. The Morgan fingerprint density at radius 1 is 1.32 bits per heavy atom. The fourth-order valence-electron chi connectivity index (χ4n) is 4.20. The molecule has 2 saturated heterocycles. The Hall–Kier alpha value is -2.38. The summed E-state index contributed by atoms with van der Waals surface area (Å²) in [6, 6.07) is 10.2. The number of hydrogen-bond donors (Lipinski definition) is 2. The number of aromatic nitrogens is 2. The first kappa shape index (κ1) is 19.0. The lowest BCUT2D eigenvalue weighted by atomic mass is 10.0. The van der Waals surface area contributed by atoms with E-state index in [-0.39, 0.29) is 5.91 Å². The molecule has 7 nitrogen and oxygen atoms in total. The summed E-state index contributed by atoms with van der Waals surface area (Å²) < 4.78 is 10.8. The van der Waals surface area contributed by atoms with Gasteiger partial charge in [-0.05, 0) is 37.9 Å². The van der Waals surface area contributed by atoms with E-state index in [1.54, 1.807) is 7.11 Å². The lowest BCUT2D eigenvalue weighted by molar-refractivity contribution is 0.0419. The van der Waals surface area contributed by atoms with Crippen LogP contribution < -0.4 is 10.1 Å². The smallest absolute Gasteiger partial charge is 0.272 e. The molecule has 1 amide bonds. The van der Waals surface area contributed by atoms with Gasteiger partial charge in [-0.2, -0.15) is 5.10 Å². The fourth-order valence-corrected chi connectivity index (χ4v) is 4.20. The zero-order chi connectivity index (χ0) is 19.3. The van der Waals surface area contributed by atoms with E-state index >= 15 is 0 Å². The van der Waals surface area contributed by atoms with Crippen LogP contribution in [0.25, 0.3) is 0 Å². The summed E-state index contributed by atoms with van der Waals surface area (Å²) >= 11 is 0. The van der Waals surface area contributed by atoms with Crippen molar-refractivity contribution in [2.24, 2.45) is 0 Å². The molecule has 0 radical (unpaired) electrons. The van der Waals surface area contributed by atoms with Gasteiger partial charge in [0, 0.05) is 49.5 Å². The van der Waals surface area contributed by atoms with E-state index in [2.05, 4.69) is 20.4 Å². The van der Waals surface area contributed by atoms with Crippen LogP contribution in [0, 0.1) is 0 Å². The van der Waals surface area contributed by atoms with Gasteiger partial charge < -0.3 is 14.8 Å². The summed E-state index contributed by atoms with van der Waals surface area (Å²) in [6.45, 7) is 4.27. The largest absolute Gasteiger partial charge is 0.496 e. The van der Waals surface area contributed by atoms with Crippen LogP contribution in [-0.2, 0) is 11.3 Å². The zero-order valence-electron chi connectivity index (χ0n) is 16.3. The van der Waals surface area contributed by atoms with Crippen molar-refractivity contribution in [3.63, 3.8) is 0 Å². The molecule has 2 aliphatic heterocycles. The van der Waals surface area contributed by atoms with E-state index < -0.39 is 0 Å². The van der Waals surface area contributed by atoms with Crippen LogP contribution in [0.4, 0.5) is 0 Å². The number of benzene rings is 1. The average molecular weight is 384 g/mol. The minimum absolute atomic E-state index is 0.173. The summed E-state index contributed by atoms with van der Waals surface area (Å²) in [5, 5.41) is 10.3. The Labute approximate surface area is 165 Å². The van der Waals surface area contributed by atoms with Crippen molar-refractivity contribution in [2.75, 3.05) is 33.4 Å². The zero-order valence-corrected chi connectivity index (χ0v) is 16.3. The average Bonchev–Trinajstić information content (AvgIpc) is 3.42. The van der Waals surface area contributed by atoms with Crippen LogP contribution in [-0.4, -0.2) is 60.5 Å². The predicted molar refractivity (Wildman–Crippen MR) is 106 cm³/mol. The predicted octanol–water partition coefficient (Wildman–Crippen LogP) is 2.32. The van der Waals surface area contributed by atoms with E-state index in [9.17, 15) is 4.79 Å². The molecule has 1 aromatic heterocycles. The van der Waals surface area contributed by atoms with Crippen molar-refractivity contribution in [3.8, 4) is 5.75 Å². The van der Waals surface area contributed by atoms with Crippen molar-refractivity contribution >= 4 is 5.91 Å². The van der Waals surface area contributed by atoms with E-state index in [1.165, 1.54) is 0 Å². The molecular weight excluding hydrogens is 356 g/mol. The van der Waals surface area contributed by atoms with Gasteiger partial charge in [0.15, 0.2) is 0 Å². The van der Waals surface area contributed by atoms with Gasteiger partial charge in [0.2, 0.25) is 0 Å². The SMILES string of the molecule is COc1ccccc1CNC(=O)c1cc([C@H]2CCN(C3CCOCC3)C2)[nH]n1. The number of aromatic amines is 1. The van der Waals surface area contributed by atoms with Crippen molar-refractivity contribution in [3.05, 3.63) is 47.3 Å². The molecule has 2 aromatic rings. The number of carbonyl (C=O) groups excluding carboxylic acids is 1. The van der Waals surface area contributed by atoms with Gasteiger partial charge in [-0.15, -0.1) is 0 Å². The number of nitrogens with zero attached hydrogens (tertiary/aromatic N) is 2. The van der Waals surface area contributed by atoms with E-state index in [1.807, 2.05) is 30.3 Å². The second-order valence-electron chi connectivity index (χ2n) is 7.53. The number of ether oxygens (including phenoxy) is 2. The van der Waals surface area contributed by atoms with Crippen LogP contribution in [0.2, 0.25) is 0 Å². The number of likely N-dealkylation sites (tertiary alicyclic amines) is 1. The van der Waals surface area contributed by atoms with E-state index in [4.69, 9.17) is 9.47 Å². The molecule has 2 fully saturated rings. The molecule has 1 aromatic carbocycles. The normalized spacial score (nSPS) is 21.0. The monoisotopic (exact) mass is 384 g/mol. The molecule has 1 atom stereocenters. The molecule has 2 N–H and O–H groups in total. The molecule has 3 heterocycles. The maximum absolute atomic E-state index is 12.5. The van der Waals surface area contributed by atoms with E-state index in [0.29, 0.717) is 24.2 Å². The summed E-state index contributed by atoms with van der Waals surface area (Å²) in [7, 11) is 1.63. The van der Waals surface area contributed by atoms with Crippen molar-refractivity contribution in [2.45, 2.75) is 37.8 Å². The van der Waals surface area contributed by atoms with Crippen LogP contribution in [0.5, 0.6) is 5.75 Å². The number of hydrogen-bond acceptors (Lipinski definition) is 5. The van der Waals surface area contributed by atoms with Gasteiger partial charge >= 0.3 is 0 Å². The van der Waals surface area contributed by atoms with Crippen molar-refractivity contribution in [1.29, 1.82) is 0 Å². The Balaban J connectivity index is 1.33. The number of nitrogens with one attached hydrogen (secondary N) is 2. The molecule has 28 heavy (non-hydrogen) atoms. The first-order valence-electron chi connectivity index (χ1n) is 10.0. The topological polar surface area (TPSA) is 79.5 Å². The Morgan fingerprint density at radius 2 is 2.14 bits per heavy atom. The summed E-state index contributed by atoms with van der Waals surface area (Å²) in [5.41, 5.74) is 2.43. The third-order valence-electron chi connectivity index (χ3n) is 5.83. The lowest BCUT2D eigenvalue weighted by Crippen LogP contribution is -2.37. The van der Waals surface area contributed by atoms with Gasteiger partial charge in [-0.3, -0.25) is 14.8 Å². The van der Waals surface area contributed by atoms with Gasteiger partial charge in [-0.25, -0.2) is 0 Å². The number of para-hydroxylation sites is 1. The summed E-state index contributed by atoms with van der Waals surface area (Å²) in [5.74, 6) is 1.00. The first-order chi connectivity index (χ1) is 13.7. The van der Waals surface area contributed by atoms with Crippen molar-refractivity contribution < 1.29 is 14.3 Å². The van der Waals surface area contributed by atoms with Crippen LogP contribution in [0.1, 0.15) is 46.9 Å². The van der Waals surface area contributed by atoms with Gasteiger partial charge in [-0.1, -0.05) is 18.2 Å². The highest BCUT2D eigenvalue weighted by Crippen LogP contribution is 2.30. The summed E-state index contributed by atoms with van der Waals surface area (Å²) in [4.78, 5) is 15.1. The third-order valence-corrected chi connectivity index (χ3v) is 5.83. The van der Waals surface area contributed by atoms with Crippen LogP contribution in [0.3, 0.4) is 0 Å². The number of H-pyrrole nitrogens is 1. The Bertz CT molecular complexity index is 800. The maximum atomic E-state index is 12.5. The highest BCUT2D eigenvalue weighted by Gasteiger charge is 2.31. The summed E-state index contributed by atoms with van der Waals surface area (Å²) in [6.07, 6.45) is 3.33. The Morgan fingerprint density at radius 3 is 2.96 bits per heavy atom. The van der Waals surface area contributed by atoms with Crippen LogP contribution >= 0.6 is 0 Å². The molecule has 150 valence electrons. The maximum Gasteiger partial charge on any atom is 0.272 e. The van der Waals surface area contributed by atoms with Crippen molar-refractivity contribution in [1.82, 2.24) is 20.4 Å². The fraction of sp³-hybridized carbons (Fsp3) is 0.524. The molecule has 0 spiro atoms.